The van der Waals surface area contributed by atoms with Crippen molar-refractivity contribution in [2.24, 2.45) is 4.99 Å². The van der Waals surface area contributed by atoms with Crippen molar-refractivity contribution in [3.63, 3.8) is 0 Å². The van der Waals surface area contributed by atoms with Crippen LogP contribution in [-0.2, 0) is 4.79 Å². The minimum Gasteiger partial charge on any atom is -0.478 e. The summed E-state index contributed by atoms with van der Waals surface area (Å²) < 4.78 is 0. The Morgan fingerprint density at radius 2 is 2.55 bits per heavy atom. The zero-order chi connectivity index (χ0) is 8.10. The number of nitrogens with zero attached hydrogens (tertiary/aromatic N) is 1. The van der Waals surface area contributed by atoms with E-state index in [1.165, 1.54) is 6.08 Å². The number of carboxylic acid groups (broad SMARTS) is 1. The Bertz CT molecular complexity index is 208. The first kappa shape index (κ1) is 7.78. The first-order valence-electron chi connectivity index (χ1n) is 3.48. The molecular weight excluding hydrogens is 144 g/mol. The van der Waals surface area contributed by atoms with Crippen molar-refractivity contribution in [1.82, 2.24) is 5.32 Å². The largest absolute Gasteiger partial charge is 0.478 e. The average molecular weight is 154 g/mol. The summed E-state index contributed by atoms with van der Waals surface area (Å²) in [4.78, 5) is 14.1. The molecule has 0 radical (unpaired) electrons. The molecule has 4 nitrogen and oxygen atoms in total. The second kappa shape index (κ2) is 3.75. The molecule has 60 valence electrons. The van der Waals surface area contributed by atoms with Crippen molar-refractivity contribution < 1.29 is 9.90 Å². The Hall–Kier alpha value is -1.32. The molecule has 0 fully saturated rings. The summed E-state index contributed by atoms with van der Waals surface area (Å²) in [7, 11) is 0. The lowest BCUT2D eigenvalue weighted by atomic mass is 10.3. The highest BCUT2D eigenvalue weighted by molar-refractivity contribution is 5.97. The third-order valence-electron chi connectivity index (χ3n) is 1.31. The highest BCUT2D eigenvalue weighted by Crippen LogP contribution is 1.90. The lowest BCUT2D eigenvalue weighted by molar-refractivity contribution is -0.131. The summed E-state index contributed by atoms with van der Waals surface area (Å²) in [5.74, 6) is -0.279. The predicted octanol–water partition coefficient (Wildman–Crippen LogP) is 0.0190. The van der Waals surface area contributed by atoms with E-state index < -0.39 is 5.97 Å². The van der Waals surface area contributed by atoms with Crippen molar-refractivity contribution in [3.05, 3.63) is 12.2 Å². The summed E-state index contributed by atoms with van der Waals surface area (Å²) in [6.07, 6.45) is 3.57. The zero-order valence-corrected chi connectivity index (χ0v) is 6.08. The van der Waals surface area contributed by atoms with Gasteiger partial charge in [0.25, 0.3) is 0 Å². The van der Waals surface area contributed by atoms with Crippen molar-refractivity contribution >= 4 is 11.8 Å². The number of carboxylic acids is 1. The topological polar surface area (TPSA) is 61.7 Å². The van der Waals surface area contributed by atoms with Gasteiger partial charge in [-0.3, -0.25) is 4.99 Å². The highest BCUT2D eigenvalue weighted by Gasteiger charge is 1.99. The number of hydrogen-bond donors (Lipinski definition) is 2. The van der Waals surface area contributed by atoms with Crippen molar-refractivity contribution in [2.75, 3.05) is 13.1 Å². The second-order valence-electron chi connectivity index (χ2n) is 2.22. The molecule has 0 amide bonds. The Morgan fingerprint density at radius 1 is 1.73 bits per heavy atom. The number of hydrogen-bond acceptors (Lipinski definition) is 3. The maximum atomic E-state index is 10.1. The third kappa shape index (κ3) is 2.84. The highest BCUT2D eigenvalue weighted by atomic mass is 16.4. The van der Waals surface area contributed by atoms with E-state index in [4.69, 9.17) is 5.11 Å². The van der Waals surface area contributed by atoms with Crippen molar-refractivity contribution in [3.8, 4) is 0 Å². The summed E-state index contributed by atoms with van der Waals surface area (Å²) in [5.41, 5.74) is 0. The maximum absolute atomic E-state index is 10.1. The van der Waals surface area contributed by atoms with Gasteiger partial charge < -0.3 is 10.4 Å². The molecule has 0 spiro atoms. The van der Waals surface area contributed by atoms with E-state index in [1.807, 2.05) is 0 Å². The Morgan fingerprint density at radius 3 is 3.09 bits per heavy atom. The van der Waals surface area contributed by atoms with Crippen LogP contribution in [0.1, 0.15) is 6.42 Å². The van der Waals surface area contributed by atoms with E-state index in [2.05, 4.69) is 10.3 Å². The second-order valence-corrected chi connectivity index (χ2v) is 2.22. The number of aliphatic carboxylic acids is 1. The van der Waals surface area contributed by atoms with Crippen LogP contribution in [0.3, 0.4) is 0 Å². The number of rotatable bonds is 2. The van der Waals surface area contributed by atoms with Crippen LogP contribution in [0.25, 0.3) is 0 Å². The van der Waals surface area contributed by atoms with Crippen LogP contribution in [0.15, 0.2) is 17.1 Å². The van der Waals surface area contributed by atoms with Gasteiger partial charge in [0.1, 0.15) is 5.84 Å². The number of carbonyl (C=O) groups is 1. The molecule has 0 saturated carbocycles. The van der Waals surface area contributed by atoms with Crippen LogP contribution in [0.2, 0.25) is 0 Å². The molecule has 0 aromatic heterocycles. The van der Waals surface area contributed by atoms with Gasteiger partial charge in [0.2, 0.25) is 0 Å². The molecule has 0 aromatic carbocycles. The number of aliphatic imine (C=N–C) groups is 1. The zero-order valence-electron chi connectivity index (χ0n) is 6.08. The number of amidine groups is 1. The van der Waals surface area contributed by atoms with Gasteiger partial charge >= 0.3 is 5.97 Å². The van der Waals surface area contributed by atoms with E-state index in [-0.39, 0.29) is 0 Å². The van der Waals surface area contributed by atoms with Crippen LogP contribution >= 0.6 is 0 Å². The van der Waals surface area contributed by atoms with Crippen LogP contribution in [0, 0.1) is 0 Å². The normalized spacial score (nSPS) is 17.6. The fraction of sp³-hybridized carbons (Fsp3) is 0.429. The average Bonchev–Trinajstić information content (AvgIpc) is 2.03. The van der Waals surface area contributed by atoms with Crippen LogP contribution in [0.5, 0.6) is 0 Å². The van der Waals surface area contributed by atoms with Gasteiger partial charge in [0.15, 0.2) is 0 Å². The fourth-order valence-electron chi connectivity index (χ4n) is 0.813. The van der Waals surface area contributed by atoms with Gasteiger partial charge in [-0.2, -0.15) is 0 Å². The first-order valence-corrected chi connectivity index (χ1v) is 3.48. The fourth-order valence-corrected chi connectivity index (χ4v) is 0.813. The molecule has 1 rings (SSSR count). The molecule has 1 aliphatic rings. The van der Waals surface area contributed by atoms with Crippen LogP contribution in [0.4, 0.5) is 0 Å². The summed E-state index contributed by atoms with van der Waals surface area (Å²) in [5, 5.41) is 11.2. The monoisotopic (exact) mass is 154 g/mol. The quantitative estimate of drug-likeness (QED) is 0.551. The maximum Gasteiger partial charge on any atom is 0.328 e. The molecule has 11 heavy (non-hydrogen) atoms. The number of nitrogens with one attached hydrogen (secondary N) is 1. The van der Waals surface area contributed by atoms with Crippen LogP contribution in [-0.4, -0.2) is 30.0 Å². The molecule has 0 aliphatic carbocycles. The van der Waals surface area contributed by atoms with Crippen molar-refractivity contribution in [2.45, 2.75) is 6.42 Å². The first-order chi connectivity index (χ1) is 5.29. The van der Waals surface area contributed by atoms with Crippen LogP contribution < -0.4 is 5.32 Å². The van der Waals surface area contributed by atoms with Gasteiger partial charge in [-0.15, -0.1) is 0 Å². The van der Waals surface area contributed by atoms with Gasteiger partial charge in [-0.25, -0.2) is 4.79 Å². The standard InChI is InChI=1S/C7H10N2O2/c10-7(11)3-2-6-8-4-1-5-9-6/h2-3H,1,4-5H2,(H,8,9)(H,10,11)/b3-2+. The minimum atomic E-state index is -0.944. The molecule has 2 N–H and O–H groups in total. The third-order valence-corrected chi connectivity index (χ3v) is 1.31. The van der Waals surface area contributed by atoms with Gasteiger partial charge in [0, 0.05) is 19.2 Å². The van der Waals surface area contributed by atoms with Gasteiger partial charge in [-0.1, -0.05) is 0 Å². The molecule has 0 unspecified atom stereocenters. The van der Waals surface area contributed by atoms with Gasteiger partial charge in [-0.05, 0) is 12.5 Å². The van der Waals surface area contributed by atoms with E-state index in [1.54, 1.807) is 0 Å². The molecule has 0 bridgehead atoms. The lowest BCUT2D eigenvalue weighted by Gasteiger charge is -2.10. The molecular formula is C7H10N2O2. The molecule has 0 atom stereocenters. The smallest absolute Gasteiger partial charge is 0.328 e. The minimum absolute atomic E-state index is 0.665. The van der Waals surface area contributed by atoms with E-state index in [9.17, 15) is 4.79 Å². The van der Waals surface area contributed by atoms with Gasteiger partial charge in [0.05, 0.1) is 0 Å². The Labute approximate surface area is 64.6 Å². The molecule has 0 saturated heterocycles. The SMILES string of the molecule is O=C(O)/C=C/C1=NCCCN1. The summed E-state index contributed by atoms with van der Waals surface area (Å²) >= 11 is 0. The molecule has 1 aliphatic heterocycles. The Kier molecular flexibility index (Phi) is 2.66. The van der Waals surface area contributed by atoms with Crippen molar-refractivity contribution in [1.29, 1.82) is 0 Å². The predicted molar refractivity (Wildman–Crippen MR) is 41.7 cm³/mol. The lowest BCUT2D eigenvalue weighted by Crippen LogP contribution is -2.27. The summed E-state index contributed by atoms with van der Waals surface area (Å²) in [6.45, 7) is 1.66. The summed E-state index contributed by atoms with van der Waals surface area (Å²) in [6, 6.07) is 0. The molecule has 4 heteroatoms. The van der Waals surface area contributed by atoms with E-state index >= 15 is 0 Å². The van der Waals surface area contributed by atoms with E-state index in [0.29, 0.717) is 5.84 Å². The molecule has 0 aromatic rings. The Balaban J connectivity index is 2.47. The van der Waals surface area contributed by atoms with E-state index in [0.717, 1.165) is 25.6 Å². The molecule has 1 heterocycles.